The summed E-state index contributed by atoms with van der Waals surface area (Å²) in [4.78, 5) is 21.0. The molecule has 7 heteroatoms. The summed E-state index contributed by atoms with van der Waals surface area (Å²) in [5, 5.41) is 3.01. The molecular weight excluding hydrogens is 320 g/mol. The van der Waals surface area contributed by atoms with Crippen LogP contribution >= 0.6 is 0 Å². The number of pyridine rings is 1. The van der Waals surface area contributed by atoms with Crippen LogP contribution in [-0.2, 0) is 11.3 Å². The molecule has 136 valence electrons. The number of amides is 2. The molecule has 3 aliphatic rings. The number of hydrogen-bond acceptors (Lipinski definition) is 5. The second-order valence-electron chi connectivity index (χ2n) is 7.13. The minimum absolute atomic E-state index is 0.0116. The van der Waals surface area contributed by atoms with Crippen LogP contribution in [-0.4, -0.2) is 72.9 Å². The number of morpholine rings is 1. The van der Waals surface area contributed by atoms with Crippen molar-refractivity contribution in [3.8, 4) is 5.88 Å². The summed E-state index contributed by atoms with van der Waals surface area (Å²) in [7, 11) is 0. The van der Waals surface area contributed by atoms with Crippen LogP contribution in [0.25, 0.3) is 0 Å². The van der Waals surface area contributed by atoms with Gasteiger partial charge in [0.15, 0.2) is 0 Å². The Bertz CT molecular complexity index is 608. The van der Waals surface area contributed by atoms with E-state index < -0.39 is 0 Å². The topological polar surface area (TPSA) is 66.9 Å². The molecule has 1 aromatic rings. The van der Waals surface area contributed by atoms with E-state index in [4.69, 9.17) is 9.47 Å². The average Bonchev–Trinajstić information content (AvgIpc) is 3.49. The Morgan fingerprint density at radius 1 is 1.36 bits per heavy atom. The Balaban J connectivity index is 1.26. The first-order chi connectivity index (χ1) is 12.3. The Kier molecular flexibility index (Phi) is 5.03. The number of aromatic nitrogens is 1. The summed E-state index contributed by atoms with van der Waals surface area (Å²) in [5.41, 5.74) is 1.01. The number of rotatable bonds is 5. The molecule has 7 nitrogen and oxygen atoms in total. The molecule has 0 aromatic carbocycles. The van der Waals surface area contributed by atoms with Gasteiger partial charge in [-0.2, -0.15) is 0 Å². The Hall–Kier alpha value is -1.86. The molecule has 2 aliphatic heterocycles. The van der Waals surface area contributed by atoms with Crippen molar-refractivity contribution in [2.45, 2.75) is 25.4 Å². The molecule has 1 saturated carbocycles. The van der Waals surface area contributed by atoms with Crippen molar-refractivity contribution in [1.29, 1.82) is 0 Å². The van der Waals surface area contributed by atoms with E-state index in [2.05, 4.69) is 15.2 Å². The first kappa shape index (κ1) is 16.6. The highest BCUT2D eigenvalue weighted by atomic mass is 16.5. The second kappa shape index (κ2) is 7.58. The van der Waals surface area contributed by atoms with Gasteiger partial charge >= 0.3 is 6.03 Å². The van der Waals surface area contributed by atoms with Gasteiger partial charge in [-0.05, 0) is 30.4 Å². The first-order valence-electron chi connectivity index (χ1n) is 9.20. The fraction of sp³-hybridized carbons (Fsp3) is 0.667. The summed E-state index contributed by atoms with van der Waals surface area (Å²) in [6, 6.07) is 4.14. The zero-order chi connectivity index (χ0) is 17.1. The highest BCUT2D eigenvalue weighted by Crippen LogP contribution is 2.29. The van der Waals surface area contributed by atoms with Crippen molar-refractivity contribution in [3.05, 3.63) is 23.9 Å². The fourth-order valence-electron chi connectivity index (χ4n) is 3.35. The van der Waals surface area contributed by atoms with Gasteiger partial charge in [0.1, 0.15) is 0 Å². The lowest BCUT2D eigenvalue weighted by Crippen LogP contribution is -2.60. The number of nitrogens with one attached hydrogen (secondary N) is 1. The molecule has 2 amide bonds. The van der Waals surface area contributed by atoms with Crippen molar-refractivity contribution < 1.29 is 14.3 Å². The maximum Gasteiger partial charge on any atom is 0.317 e. The molecule has 0 radical (unpaired) electrons. The minimum atomic E-state index is -0.0116. The zero-order valence-electron chi connectivity index (χ0n) is 14.5. The Morgan fingerprint density at radius 2 is 2.28 bits per heavy atom. The van der Waals surface area contributed by atoms with Crippen LogP contribution < -0.4 is 10.1 Å². The van der Waals surface area contributed by atoms with E-state index in [1.54, 1.807) is 6.20 Å². The lowest BCUT2D eigenvalue weighted by atomic mass is 10.1. The molecule has 25 heavy (non-hydrogen) atoms. The summed E-state index contributed by atoms with van der Waals surface area (Å²) in [6.45, 7) is 6.16. The smallest absolute Gasteiger partial charge is 0.317 e. The summed E-state index contributed by atoms with van der Waals surface area (Å²) in [6.07, 6.45) is 4.26. The molecule has 0 unspecified atom stereocenters. The van der Waals surface area contributed by atoms with Crippen LogP contribution in [0.5, 0.6) is 5.88 Å². The third kappa shape index (κ3) is 4.41. The zero-order valence-corrected chi connectivity index (χ0v) is 14.5. The highest BCUT2D eigenvalue weighted by molar-refractivity contribution is 5.74. The maximum atomic E-state index is 12.5. The number of urea groups is 1. The third-order valence-corrected chi connectivity index (χ3v) is 5.13. The average molecular weight is 346 g/mol. The first-order valence-corrected chi connectivity index (χ1v) is 9.20. The number of nitrogens with zero attached hydrogens (tertiary/aromatic N) is 3. The van der Waals surface area contributed by atoms with E-state index in [9.17, 15) is 4.79 Å². The molecule has 3 fully saturated rings. The van der Waals surface area contributed by atoms with E-state index in [1.807, 2.05) is 17.0 Å². The number of ether oxygens (including phenoxy) is 2. The largest absolute Gasteiger partial charge is 0.477 e. The van der Waals surface area contributed by atoms with Crippen LogP contribution in [0.3, 0.4) is 0 Å². The summed E-state index contributed by atoms with van der Waals surface area (Å²) >= 11 is 0. The SMILES string of the molecule is O=C(NCc1ccnc(OCC2CC2)c1)N1CCN2CCOC[C@H]2C1. The van der Waals surface area contributed by atoms with Crippen LogP contribution in [0.2, 0.25) is 0 Å². The van der Waals surface area contributed by atoms with Gasteiger partial charge < -0.3 is 19.7 Å². The number of fused-ring (bicyclic) bond motifs is 1. The van der Waals surface area contributed by atoms with Crippen molar-refractivity contribution >= 4 is 6.03 Å². The van der Waals surface area contributed by atoms with E-state index in [1.165, 1.54) is 12.8 Å². The van der Waals surface area contributed by atoms with Crippen molar-refractivity contribution in [2.24, 2.45) is 5.92 Å². The van der Waals surface area contributed by atoms with Crippen molar-refractivity contribution in [2.75, 3.05) is 46.0 Å². The van der Waals surface area contributed by atoms with Crippen LogP contribution in [0.1, 0.15) is 18.4 Å². The van der Waals surface area contributed by atoms with Gasteiger partial charge in [0.25, 0.3) is 0 Å². The van der Waals surface area contributed by atoms with E-state index in [0.717, 1.165) is 51.6 Å². The number of carbonyl (C=O) groups is 1. The van der Waals surface area contributed by atoms with E-state index in [0.29, 0.717) is 24.4 Å². The van der Waals surface area contributed by atoms with Crippen LogP contribution in [0.15, 0.2) is 18.3 Å². The monoisotopic (exact) mass is 346 g/mol. The van der Waals surface area contributed by atoms with Crippen LogP contribution in [0, 0.1) is 5.92 Å². The predicted octanol–water partition coefficient (Wildman–Crippen LogP) is 1.10. The number of carbonyl (C=O) groups excluding carboxylic acids is 1. The molecule has 0 bridgehead atoms. The molecule has 1 N–H and O–H groups in total. The van der Waals surface area contributed by atoms with Crippen molar-refractivity contribution in [1.82, 2.24) is 20.1 Å². The van der Waals surface area contributed by atoms with Gasteiger partial charge in [-0.3, -0.25) is 4.90 Å². The van der Waals surface area contributed by atoms with Gasteiger partial charge in [0.05, 0.1) is 25.9 Å². The van der Waals surface area contributed by atoms with E-state index >= 15 is 0 Å². The molecule has 1 aromatic heterocycles. The van der Waals surface area contributed by atoms with Gasteiger partial charge in [-0.25, -0.2) is 9.78 Å². The third-order valence-electron chi connectivity index (χ3n) is 5.13. The summed E-state index contributed by atoms with van der Waals surface area (Å²) in [5.74, 6) is 1.35. The molecule has 4 rings (SSSR count). The number of piperazine rings is 1. The highest BCUT2D eigenvalue weighted by Gasteiger charge is 2.31. The maximum absolute atomic E-state index is 12.5. The molecule has 1 aliphatic carbocycles. The Labute approximate surface area is 148 Å². The molecular formula is C18H26N4O3. The second-order valence-corrected chi connectivity index (χ2v) is 7.13. The predicted molar refractivity (Wildman–Crippen MR) is 92.4 cm³/mol. The summed E-state index contributed by atoms with van der Waals surface area (Å²) < 4.78 is 11.2. The minimum Gasteiger partial charge on any atom is -0.477 e. The van der Waals surface area contributed by atoms with E-state index in [-0.39, 0.29) is 6.03 Å². The molecule has 0 spiro atoms. The number of hydrogen-bond donors (Lipinski definition) is 1. The molecule has 2 saturated heterocycles. The Morgan fingerprint density at radius 3 is 3.16 bits per heavy atom. The van der Waals surface area contributed by atoms with Gasteiger partial charge in [0.2, 0.25) is 5.88 Å². The van der Waals surface area contributed by atoms with Crippen molar-refractivity contribution in [3.63, 3.8) is 0 Å². The lowest BCUT2D eigenvalue weighted by molar-refractivity contribution is -0.0365. The molecule has 3 heterocycles. The molecule has 1 atom stereocenters. The lowest BCUT2D eigenvalue weighted by Gasteiger charge is -2.43. The standard InChI is InChI=1S/C18H26N4O3/c23-18(22-6-5-21-7-8-24-13-16(21)11-22)20-10-15-3-4-19-17(9-15)25-12-14-1-2-14/h3-4,9,14,16H,1-2,5-8,10-13H2,(H,20,23)/t16-/m1/s1. The van der Waals surface area contributed by atoms with Crippen LogP contribution in [0.4, 0.5) is 4.79 Å². The van der Waals surface area contributed by atoms with Gasteiger partial charge in [-0.15, -0.1) is 0 Å². The fourth-order valence-corrected chi connectivity index (χ4v) is 3.35. The van der Waals surface area contributed by atoms with Gasteiger partial charge in [-0.1, -0.05) is 0 Å². The van der Waals surface area contributed by atoms with Gasteiger partial charge in [0, 0.05) is 45.0 Å². The normalized spacial score (nSPS) is 23.8. The quantitative estimate of drug-likeness (QED) is 0.865.